The number of rotatable bonds is 5. The minimum absolute atomic E-state index is 0.0530. The molecule has 0 saturated carbocycles. The van der Waals surface area contributed by atoms with E-state index in [1.807, 2.05) is 30.3 Å². The first-order chi connectivity index (χ1) is 14.8. The second-order valence-corrected chi connectivity index (χ2v) is 8.07. The van der Waals surface area contributed by atoms with Gasteiger partial charge in [-0.3, -0.25) is 4.68 Å². The summed E-state index contributed by atoms with van der Waals surface area (Å²) in [6, 6.07) is 18.4. The number of hydrogen-bond donors (Lipinski definition) is 1. The molecule has 6 heteroatoms. The highest BCUT2D eigenvalue weighted by Crippen LogP contribution is 2.34. The fourth-order valence-electron chi connectivity index (χ4n) is 4.25. The Morgan fingerprint density at radius 2 is 1.83 bits per heavy atom. The Kier molecular flexibility index (Phi) is 5.47. The first kappa shape index (κ1) is 19.2. The predicted molar refractivity (Wildman–Crippen MR) is 117 cm³/mol. The average Bonchev–Trinajstić information content (AvgIpc) is 3.36. The van der Waals surface area contributed by atoms with Crippen molar-refractivity contribution in [1.82, 2.24) is 15.1 Å². The predicted octanol–water partition coefficient (Wildman–Crippen LogP) is 4.52. The Morgan fingerprint density at radius 1 is 1.03 bits per heavy atom. The molecule has 2 aliphatic rings. The SMILES string of the molecule is Clc1ccc(-c2nn(C(Cc3ccccc3)C3=COCO3)c3c2CCNCC3)cc1. The van der Waals surface area contributed by atoms with Gasteiger partial charge in [-0.15, -0.1) is 0 Å². The molecule has 0 amide bonds. The summed E-state index contributed by atoms with van der Waals surface area (Å²) in [5.41, 5.74) is 5.93. The summed E-state index contributed by atoms with van der Waals surface area (Å²) < 4.78 is 13.4. The molecule has 5 nitrogen and oxygen atoms in total. The van der Waals surface area contributed by atoms with Crippen LogP contribution in [0.2, 0.25) is 5.02 Å². The van der Waals surface area contributed by atoms with Crippen LogP contribution in [0.3, 0.4) is 0 Å². The van der Waals surface area contributed by atoms with Crippen LogP contribution in [0.15, 0.2) is 66.6 Å². The molecule has 154 valence electrons. The maximum atomic E-state index is 6.13. The van der Waals surface area contributed by atoms with E-state index in [2.05, 4.69) is 34.3 Å². The fraction of sp³-hybridized carbons (Fsp3) is 0.292. The van der Waals surface area contributed by atoms with Gasteiger partial charge in [-0.2, -0.15) is 5.10 Å². The molecular formula is C24H24ClN3O2. The van der Waals surface area contributed by atoms with Gasteiger partial charge in [0.25, 0.3) is 0 Å². The zero-order valence-corrected chi connectivity index (χ0v) is 17.4. The highest BCUT2D eigenvalue weighted by atomic mass is 35.5. The Balaban J connectivity index is 1.62. The summed E-state index contributed by atoms with van der Waals surface area (Å²) in [6.45, 7) is 2.15. The second-order valence-electron chi connectivity index (χ2n) is 7.63. The second kappa shape index (κ2) is 8.54. The molecule has 0 bridgehead atoms. The highest BCUT2D eigenvalue weighted by molar-refractivity contribution is 6.30. The van der Waals surface area contributed by atoms with Crippen LogP contribution in [-0.4, -0.2) is 29.7 Å². The summed E-state index contributed by atoms with van der Waals surface area (Å²) in [5, 5.41) is 9.40. The molecular weight excluding hydrogens is 398 g/mol. The average molecular weight is 422 g/mol. The van der Waals surface area contributed by atoms with E-state index in [9.17, 15) is 0 Å². The van der Waals surface area contributed by atoms with Crippen molar-refractivity contribution in [2.75, 3.05) is 19.9 Å². The van der Waals surface area contributed by atoms with E-state index >= 15 is 0 Å². The normalized spacial score (nSPS) is 16.8. The van der Waals surface area contributed by atoms with Gasteiger partial charge in [0, 0.05) is 41.2 Å². The van der Waals surface area contributed by atoms with Gasteiger partial charge in [0.15, 0.2) is 5.76 Å². The van der Waals surface area contributed by atoms with Gasteiger partial charge in [-0.05, 0) is 30.7 Å². The van der Waals surface area contributed by atoms with Gasteiger partial charge >= 0.3 is 0 Å². The maximum Gasteiger partial charge on any atom is 0.229 e. The lowest BCUT2D eigenvalue weighted by molar-refractivity contribution is 0.0701. The van der Waals surface area contributed by atoms with Crippen LogP contribution in [-0.2, 0) is 28.7 Å². The molecule has 2 aliphatic heterocycles. The van der Waals surface area contributed by atoms with Gasteiger partial charge in [0.2, 0.25) is 6.79 Å². The highest BCUT2D eigenvalue weighted by Gasteiger charge is 2.29. The molecule has 0 aliphatic carbocycles. The van der Waals surface area contributed by atoms with Crippen molar-refractivity contribution in [3.63, 3.8) is 0 Å². The van der Waals surface area contributed by atoms with Crippen LogP contribution in [0.5, 0.6) is 0 Å². The lowest BCUT2D eigenvalue weighted by Gasteiger charge is -2.20. The number of benzene rings is 2. The summed E-state index contributed by atoms with van der Waals surface area (Å²) in [4.78, 5) is 0. The van der Waals surface area contributed by atoms with Crippen LogP contribution in [0.1, 0.15) is 22.9 Å². The Bertz CT molecular complexity index is 1040. The standard InChI is InChI=1S/C24H24ClN3O2/c25-19-8-6-18(7-9-19)24-20-10-12-26-13-11-21(20)28(27-24)22(23-15-29-16-30-23)14-17-4-2-1-3-5-17/h1-9,15,22,26H,10-14,16H2. The van der Waals surface area contributed by atoms with Crippen LogP contribution >= 0.6 is 11.6 Å². The lowest BCUT2D eigenvalue weighted by atomic mass is 10.0. The molecule has 0 saturated heterocycles. The molecule has 0 radical (unpaired) electrons. The molecule has 0 fully saturated rings. The molecule has 3 heterocycles. The number of allylic oxidation sites excluding steroid dienone is 1. The number of hydrogen-bond acceptors (Lipinski definition) is 4. The van der Waals surface area contributed by atoms with Crippen molar-refractivity contribution in [2.24, 2.45) is 0 Å². The lowest BCUT2D eigenvalue weighted by Crippen LogP contribution is -2.21. The largest absolute Gasteiger partial charge is 0.462 e. The van der Waals surface area contributed by atoms with E-state index in [4.69, 9.17) is 26.2 Å². The summed E-state index contributed by atoms with van der Waals surface area (Å²) in [5.74, 6) is 0.823. The Hall–Kier alpha value is -2.76. The summed E-state index contributed by atoms with van der Waals surface area (Å²) in [6.07, 6.45) is 4.40. The first-order valence-corrected chi connectivity index (χ1v) is 10.7. The maximum absolute atomic E-state index is 6.13. The minimum atomic E-state index is -0.0530. The Morgan fingerprint density at radius 3 is 2.60 bits per heavy atom. The third-order valence-corrected chi connectivity index (χ3v) is 5.97. The van der Waals surface area contributed by atoms with E-state index in [0.717, 1.165) is 54.4 Å². The minimum Gasteiger partial charge on any atom is -0.462 e. The van der Waals surface area contributed by atoms with Gasteiger partial charge in [-0.25, -0.2) is 0 Å². The number of ether oxygens (including phenoxy) is 2. The zero-order valence-electron chi connectivity index (χ0n) is 16.7. The van der Waals surface area contributed by atoms with Crippen molar-refractivity contribution in [2.45, 2.75) is 25.3 Å². The topological polar surface area (TPSA) is 48.3 Å². The van der Waals surface area contributed by atoms with E-state index in [1.54, 1.807) is 6.26 Å². The first-order valence-electron chi connectivity index (χ1n) is 10.3. The number of aromatic nitrogens is 2. The molecule has 1 N–H and O–H groups in total. The van der Waals surface area contributed by atoms with Crippen molar-refractivity contribution in [1.29, 1.82) is 0 Å². The Labute approximate surface area is 181 Å². The third kappa shape index (κ3) is 3.83. The number of nitrogens with one attached hydrogen (secondary N) is 1. The monoisotopic (exact) mass is 421 g/mol. The number of halogens is 1. The molecule has 1 atom stereocenters. The number of nitrogens with zero attached hydrogens (tertiary/aromatic N) is 2. The van der Waals surface area contributed by atoms with Crippen molar-refractivity contribution in [3.05, 3.63) is 88.5 Å². The van der Waals surface area contributed by atoms with E-state index in [0.29, 0.717) is 0 Å². The third-order valence-electron chi connectivity index (χ3n) is 5.72. The van der Waals surface area contributed by atoms with E-state index in [1.165, 1.54) is 16.8 Å². The summed E-state index contributed by atoms with van der Waals surface area (Å²) in [7, 11) is 0. The molecule has 5 rings (SSSR count). The molecule has 30 heavy (non-hydrogen) atoms. The van der Waals surface area contributed by atoms with Crippen molar-refractivity contribution < 1.29 is 9.47 Å². The van der Waals surface area contributed by atoms with Crippen molar-refractivity contribution in [3.8, 4) is 11.3 Å². The van der Waals surface area contributed by atoms with Crippen molar-refractivity contribution >= 4 is 11.6 Å². The van der Waals surface area contributed by atoms with E-state index < -0.39 is 0 Å². The fourth-order valence-corrected chi connectivity index (χ4v) is 4.37. The van der Waals surface area contributed by atoms with Gasteiger partial charge in [-0.1, -0.05) is 54.1 Å². The van der Waals surface area contributed by atoms with E-state index in [-0.39, 0.29) is 12.8 Å². The van der Waals surface area contributed by atoms with Gasteiger partial charge in [0.05, 0.1) is 5.69 Å². The van der Waals surface area contributed by atoms with Gasteiger partial charge < -0.3 is 14.8 Å². The quantitative estimate of drug-likeness (QED) is 0.658. The number of fused-ring (bicyclic) bond motifs is 1. The molecule has 1 aromatic heterocycles. The molecule has 0 spiro atoms. The molecule has 3 aromatic rings. The molecule has 2 aromatic carbocycles. The van der Waals surface area contributed by atoms with Crippen LogP contribution < -0.4 is 5.32 Å². The molecule has 1 unspecified atom stereocenters. The van der Waals surface area contributed by atoms with Crippen LogP contribution in [0, 0.1) is 0 Å². The zero-order chi connectivity index (χ0) is 20.3. The van der Waals surface area contributed by atoms with Gasteiger partial charge in [0.1, 0.15) is 12.3 Å². The summed E-state index contributed by atoms with van der Waals surface area (Å²) >= 11 is 6.13. The van der Waals surface area contributed by atoms with Crippen LogP contribution in [0.4, 0.5) is 0 Å². The smallest absolute Gasteiger partial charge is 0.229 e. The van der Waals surface area contributed by atoms with Crippen LogP contribution in [0.25, 0.3) is 11.3 Å².